The van der Waals surface area contributed by atoms with Gasteiger partial charge in [0.25, 0.3) is 0 Å². The fourth-order valence-corrected chi connectivity index (χ4v) is 1.51. The van der Waals surface area contributed by atoms with E-state index in [9.17, 15) is 0 Å². The topological polar surface area (TPSA) is 61.0 Å². The number of rotatable bonds is 5. The van der Waals surface area contributed by atoms with Gasteiger partial charge in [-0.25, -0.2) is 9.97 Å². The second-order valence-electron chi connectivity index (χ2n) is 3.67. The highest BCUT2D eigenvalue weighted by atomic mass is 16.5. The largest absolute Gasteiger partial charge is 0.424 e. The second-order valence-corrected chi connectivity index (χ2v) is 3.67. The van der Waals surface area contributed by atoms with E-state index in [2.05, 4.69) is 16.0 Å². The van der Waals surface area contributed by atoms with Crippen molar-refractivity contribution >= 4 is 0 Å². The molecule has 0 amide bonds. The number of nitrogens with two attached hydrogens (primary N) is 1. The van der Waals surface area contributed by atoms with Gasteiger partial charge in [0.1, 0.15) is 5.75 Å². The van der Waals surface area contributed by atoms with Gasteiger partial charge < -0.3 is 10.5 Å². The maximum absolute atomic E-state index is 5.55. The number of nitrogens with zero attached hydrogens (tertiary/aromatic N) is 2. The molecule has 0 fully saturated rings. The molecule has 0 saturated carbocycles. The van der Waals surface area contributed by atoms with Crippen LogP contribution in [0.4, 0.5) is 0 Å². The van der Waals surface area contributed by atoms with Crippen LogP contribution in [0.1, 0.15) is 12.0 Å². The van der Waals surface area contributed by atoms with Crippen LogP contribution in [0.3, 0.4) is 0 Å². The first-order valence-electron chi connectivity index (χ1n) is 5.62. The standard InChI is InChI=1S/C13H15N3O/c14-7-2-5-11-4-1-6-12(10-11)17-13-15-8-3-9-16-13/h1,3-4,6,8-10H,2,5,7,14H2. The minimum absolute atomic E-state index is 0.364. The molecular formula is C13H15N3O. The zero-order chi connectivity index (χ0) is 11.9. The molecule has 17 heavy (non-hydrogen) atoms. The molecule has 0 radical (unpaired) electrons. The molecule has 1 aromatic heterocycles. The van der Waals surface area contributed by atoms with Crippen molar-refractivity contribution in [1.29, 1.82) is 0 Å². The molecule has 88 valence electrons. The second kappa shape index (κ2) is 5.96. The van der Waals surface area contributed by atoms with Crippen molar-refractivity contribution < 1.29 is 4.74 Å². The van der Waals surface area contributed by atoms with Gasteiger partial charge in [0.05, 0.1) is 0 Å². The lowest BCUT2D eigenvalue weighted by Crippen LogP contribution is -2.00. The van der Waals surface area contributed by atoms with Gasteiger partial charge in [0.2, 0.25) is 0 Å². The molecule has 4 nitrogen and oxygen atoms in total. The summed E-state index contributed by atoms with van der Waals surface area (Å²) in [4.78, 5) is 8.03. The minimum Gasteiger partial charge on any atom is -0.424 e. The lowest BCUT2D eigenvalue weighted by Gasteiger charge is -2.05. The van der Waals surface area contributed by atoms with Crippen LogP contribution in [0.15, 0.2) is 42.7 Å². The molecule has 0 spiro atoms. The van der Waals surface area contributed by atoms with E-state index in [0.717, 1.165) is 18.6 Å². The molecule has 0 bridgehead atoms. The maximum Gasteiger partial charge on any atom is 0.321 e. The van der Waals surface area contributed by atoms with Gasteiger partial charge in [-0.15, -0.1) is 0 Å². The van der Waals surface area contributed by atoms with E-state index < -0.39 is 0 Å². The molecule has 0 aliphatic rings. The van der Waals surface area contributed by atoms with Crippen LogP contribution in [-0.2, 0) is 6.42 Å². The maximum atomic E-state index is 5.55. The Morgan fingerprint density at radius 1 is 1.12 bits per heavy atom. The Bertz CT molecular complexity index is 459. The molecule has 2 rings (SSSR count). The summed E-state index contributed by atoms with van der Waals surface area (Å²) in [6.07, 6.45) is 5.25. The molecule has 1 aromatic carbocycles. The number of ether oxygens (including phenoxy) is 1. The zero-order valence-corrected chi connectivity index (χ0v) is 9.54. The van der Waals surface area contributed by atoms with E-state index >= 15 is 0 Å². The predicted molar refractivity (Wildman–Crippen MR) is 65.9 cm³/mol. The third-order valence-electron chi connectivity index (χ3n) is 2.32. The van der Waals surface area contributed by atoms with Gasteiger partial charge in [-0.2, -0.15) is 0 Å². The minimum atomic E-state index is 0.364. The molecule has 0 saturated heterocycles. The summed E-state index contributed by atoms with van der Waals surface area (Å²) >= 11 is 0. The van der Waals surface area contributed by atoms with Gasteiger partial charge >= 0.3 is 6.01 Å². The summed E-state index contributed by atoms with van der Waals surface area (Å²) in [6, 6.07) is 10.0. The van der Waals surface area contributed by atoms with Crippen molar-refractivity contribution in [2.75, 3.05) is 6.54 Å². The summed E-state index contributed by atoms with van der Waals surface area (Å²) in [7, 11) is 0. The van der Waals surface area contributed by atoms with Crippen molar-refractivity contribution in [2.24, 2.45) is 5.73 Å². The van der Waals surface area contributed by atoms with Gasteiger partial charge in [0.15, 0.2) is 0 Å². The summed E-state index contributed by atoms with van der Waals surface area (Å²) in [5.74, 6) is 0.755. The number of aryl methyl sites for hydroxylation is 1. The normalized spacial score (nSPS) is 10.2. The lowest BCUT2D eigenvalue weighted by molar-refractivity contribution is 0.441. The average Bonchev–Trinajstić information content (AvgIpc) is 2.38. The third kappa shape index (κ3) is 3.53. The van der Waals surface area contributed by atoms with Crippen LogP contribution < -0.4 is 10.5 Å². The predicted octanol–water partition coefficient (Wildman–Crippen LogP) is 2.16. The fourth-order valence-electron chi connectivity index (χ4n) is 1.51. The highest BCUT2D eigenvalue weighted by molar-refractivity contribution is 5.30. The zero-order valence-electron chi connectivity index (χ0n) is 9.54. The van der Waals surface area contributed by atoms with E-state index in [4.69, 9.17) is 10.5 Å². The van der Waals surface area contributed by atoms with Crippen LogP contribution in [0.5, 0.6) is 11.8 Å². The van der Waals surface area contributed by atoms with Gasteiger partial charge in [-0.3, -0.25) is 0 Å². The van der Waals surface area contributed by atoms with Gasteiger partial charge in [-0.1, -0.05) is 12.1 Å². The van der Waals surface area contributed by atoms with Gasteiger partial charge in [0, 0.05) is 12.4 Å². The van der Waals surface area contributed by atoms with Crippen molar-refractivity contribution in [3.05, 3.63) is 48.3 Å². The van der Waals surface area contributed by atoms with E-state index in [1.54, 1.807) is 18.5 Å². The summed E-state index contributed by atoms with van der Waals surface area (Å²) in [5.41, 5.74) is 6.70. The van der Waals surface area contributed by atoms with Crippen LogP contribution in [0, 0.1) is 0 Å². The third-order valence-corrected chi connectivity index (χ3v) is 2.32. The Labute approximate surface area is 100 Å². The summed E-state index contributed by atoms with van der Waals surface area (Å²) in [5, 5.41) is 0. The Kier molecular flexibility index (Phi) is 4.05. The fraction of sp³-hybridized carbons (Fsp3) is 0.231. The van der Waals surface area contributed by atoms with Crippen molar-refractivity contribution in [3.63, 3.8) is 0 Å². The van der Waals surface area contributed by atoms with E-state index in [1.807, 2.05) is 18.2 Å². The van der Waals surface area contributed by atoms with Crippen LogP contribution in [0.2, 0.25) is 0 Å². The lowest BCUT2D eigenvalue weighted by atomic mass is 10.1. The molecule has 2 aromatic rings. The first kappa shape index (κ1) is 11.5. The molecule has 1 heterocycles. The molecule has 0 unspecified atom stereocenters. The number of hydrogen-bond donors (Lipinski definition) is 1. The highest BCUT2D eigenvalue weighted by Gasteiger charge is 2.00. The number of hydrogen-bond acceptors (Lipinski definition) is 4. The summed E-state index contributed by atoms with van der Waals surface area (Å²) < 4.78 is 5.55. The van der Waals surface area contributed by atoms with Crippen LogP contribution >= 0.6 is 0 Å². The molecular weight excluding hydrogens is 214 g/mol. The average molecular weight is 229 g/mol. The quantitative estimate of drug-likeness (QED) is 0.853. The van der Waals surface area contributed by atoms with Crippen molar-refractivity contribution in [2.45, 2.75) is 12.8 Å². The van der Waals surface area contributed by atoms with Gasteiger partial charge in [-0.05, 0) is 43.1 Å². The molecule has 0 atom stereocenters. The Morgan fingerprint density at radius 2 is 1.94 bits per heavy atom. The highest BCUT2D eigenvalue weighted by Crippen LogP contribution is 2.19. The summed E-state index contributed by atoms with van der Waals surface area (Å²) in [6.45, 7) is 0.701. The van der Waals surface area contributed by atoms with E-state index in [0.29, 0.717) is 12.6 Å². The number of aromatic nitrogens is 2. The van der Waals surface area contributed by atoms with Crippen LogP contribution in [-0.4, -0.2) is 16.5 Å². The van der Waals surface area contributed by atoms with E-state index in [1.165, 1.54) is 5.56 Å². The van der Waals surface area contributed by atoms with Crippen molar-refractivity contribution in [1.82, 2.24) is 9.97 Å². The molecule has 0 aliphatic carbocycles. The first-order valence-corrected chi connectivity index (χ1v) is 5.62. The Morgan fingerprint density at radius 3 is 2.71 bits per heavy atom. The monoisotopic (exact) mass is 229 g/mol. The first-order chi connectivity index (χ1) is 8.38. The molecule has 0 aliphatic heterocycles. The number of benzene rings is 1. The Balaban J connectivity index is 2.06. The SMILES string of the molecule is NCCCc1cccc(Oc2ncccn2)c1. The smallest absolute Gasteiger partial charge is 0.321 e. The molecule has 4 heteroatoms. The van der Waals surface area contributed by atoms with Crippen molar-refractivity contribution in [3.8, 4) is 11.8 Å². The Hall–Kier alpha value is -1.94. The molecule has 2 N–H and O–H groups in total. The van der Waals surface area contributed by atoms with E-state index in [-0.39, 0.29) is 0 Å². The van der Waals surface area contributed by atoms with Crippen LogP contribution in [0.25, 0.3) is 0 Å².